The average Bonchev–Trinajstić information content (AvgIpc) is 3.78. The van der Waals surface area contributed by atoms with Crippen molar-refractivity contribution in [1.82, 2.24) is 19.8 Å². The van der Waals surface area contributed by atoms with E-state index in [2.05, 4.69) is 49.0 Å². The van der Waals surface area contributed by atoms with Gasteiger partial charge in [-0.05, 0) is 61.8 Å². The maximum absolute atomic E-state index is 13.2. The number of amidine groups is 2. The lowest BCUT2D eigenvalue weighted by molar-refractivity contribution is 0.0935. The summed E-state index contributed by atoms with van der Waals surface area (Å²) in [6, 6.07) is 6.39. The smallest absolute Gasteiger partial charge is 0.267 e. The van der Waals surface area contributed by atoms with Gasteiger partial charge in [0.25, 0.3) is 23.6 Å². The maximum Gasteiger partial charge on any atom is 0.267 e. The number of hydrogen-bond donors (Lipinski definition) is 8. The number of nitrogens with zero attached hydrogens (tertiary/aromatic N) is 2. The fourth-order valence-electron chi connectivity index (χ4n) is 4.81. The molecule has 3 heterocycles. The lowest BCUT2D eigenvalue weighted by Crippen LogP contribution is -2.27. The molecule has 4 amide bonds. The van der Waals surface area contributed by atoms with E-state index in [9.17, 15) is 19.2 Å². The van der Waals surface area contributed by atoms with Gasteiger partial charge in [-0.25, -0.2) is 0 Å². The first-order chi connectivity index (χ1) is 23.2. The molecule has 0 aliphatic rings. The summed E-state index contributed by atoms with van der Waals surface area (Å²) in [5.74, 6) is -0.439. The number of carbonyl (C=O) groups is 4. The second-order valence-corrected chi connectivity index (χ2v) is 13.9. The van der Waals surface area contributed by atoms with Gasteiger partial charge in [0.2, 0.25) is 0 Å². The highest BCUT2D eigenvalue weighted by Crippen LogP contribution is 2.23. The quantitative estimate of drug-likeness (QED) is 0.0469. The molecule has 49 heavy (non-hydrogen) atoms. The number of anilines is 2. The summed E-state index contributed by atoms with van der Waals surface area (Å²) in [5, 5.41) is 26.1. The van der Waals surface area contributed by atoms with Crippen LogP contribution in [0.1, 0.15) is 107 Å². The lowest BCUT2D eigenvalue weighted by Gasteiger charge is -2.11. The van der Waals surface area contributed by atoms with Crippen LogP contribution in [0.3, 0.4) is 0 Å². The third-order valence-electron chi connectivity index (χ3n) is 7.54. The summed E-state index contributed by atoms with van der Waals surface area (Å²) in [7, 11) is 0. The van der Waals surface area contributed by atoms with Crippen molar-refractivity contribution in [2.45, 2.75) is 79.3 Å². The number of thiophene rings is 1. The monoisotopic (exact) mass is 694 g/mol. The van der Waals surface area contributed by atoms with Crippen LogP contribution in [-0.4, -0.2) is 57.5 Å². The Morgan fingerprint density at radius 3 is 1.43 bits per heavy atom. The Kier molecular flexibility index (Phi) is 14.6. The largest absolute Gasteiger partial charge is 0.388 e. The predicted molar refractivity (Wildman–Crippen MR) is 195 cm³/mol. The topological polar surface area (TPSA) is 226 Å². The number of amides is 4. The molecule has 3 aromatic rings. The number of aromatic nitrogens is 2. The van der Waals surface area contributed by atoms with E-state index in [0.29, 0.717) is 96.2 Å². The predicted octanol–water partition coefficient (Wildman–Crippen LogP) is 4.84. The zero-order valence-electron chi connectivity index (χ0n) is 28.8. The van der Waals surface area contributed by atoms with Crippen LogP contribution in [0.4, 0.5) is 11.4 Å². The summed E-state index contributed by atoms with van der Waals surface area (Å²) in [5.41, 5.74) is 12.5. The van der Waals surface area contributed by atoms with E-state index in [1.165, 1.54) is 0 Å². The normalized spacial score (nSPS) is 11.1. The van der Waals surface area contributed by atoms with Crippen molar-refractivity contribution >= 4 is 58.0 Å². The van der Waals surface area contributed by atoms with Crippen molar-refractivity contribution in [1.29, 1.82) is 10.8 Å². The summed E-state index contributed by atoms with van der Waals surface area (Å²) in [6.07, 6.45) is 7.02. The molecule has 0 fully saturated rings. The number of nitrogens with two attached hydrogens (primary N) is 2. The summed E-state index contributed by atoms with van der Waals surface area (Å²) in [4.78, 5) is 52.9. The second-order valence-electron chi connectivity index (χ2n) is 12.8. The Morgan fingerprint density at radius 1 is 0.694 bits per heavy atom. The van der Waals surface area contributed by atoms with Crippen LogP contribution < -0.4 is 32.7 Å². The molecule has 0 aliphatic heterocycles. The van der Waals surface area contributed by atoms with E-state index in [-0.39, 0.29) is 23.5 Å². The van der Waals surface area contributed by atoms with Crippen LogP contribution in [0.15, 0.2) is 36.7 Å². The molecule has 0 aliphatic carbocycles. The van der Waals surface area contributed by atoms with Crippen molar-refractivity contribution in [2.24, 2.45) is 23.3 Å². The molecule has 0 radical (unpaired) electrons. The van der Waals surface area contributed by atoms with Crippen LogP contribution in [0.5, 0.6) is 0 Å². The highest BCUT2D eigenvalue weighted by molar-refractivity contribution is 7.16. The van der Waals surface area contributed by atoms with Gasteiger partial charge in [-0.2, -0.15) is 0 Å². The van der Waals surface area contributed by atoms with Gasteiger partial charge in [0.1, 0.15) is 11.4 Å². The molecule has 0 aromatic carbocycles. The number of carbonyl (C=O) groups excluding carboxylic acids is 4. The minimum Gasteiger partial charge on any atom is -0.388 e. The van der Waals surface area contributed by atoms with Gasteiger partial charge in [-0.15, -0.1) is 11.3 Å². The molecule has 10 N–H and O–H groups in total. The van der Waals surface area contributed by atoms with E-state index >= 15 is 0 Å². The molecule has 15 heteroatoms. The fourth-order valence-corrected chi connectivity index (χ4v) is 5.61. The zero-order valence-corrected chi connectivity index (χ0v) is 29.6. The van der Waals surface area contributed by atoms with Crippen LogP contribution in [0.25, 0.3) is 0 Å². The van der Waals surface area contributed by atoms with Crippen molar-refractivity contribution in [2.75, 3.05) is 23.7 Å². The number of aryl methyl sites for hydroxylation is 2. The van der Waals surface area contributed by atoms with Crippen LogP contribution in [0.2, 0.25) is 0 Å². The molecule has 0 saturated heterocycles. The molecule has 0 atom stereocenters. The van der Waals surface area contributed by atoms with Crippen molar-refractivity contribution < 1.29 is 19.2 Å². The van der Waals surface area contributed by atoms with Crippen molar-refractivity contribution in [3.05, 3.63) is 57.8 Å². The molecular formula is C34H50N10O4S. The van der Waals surface area contributed by atoms with Gasteiger partial charge in [0.05, 0.1) is 32.8 Å². The first-order valence-electron chi connectivity index (χ1n) is 16.6. The van der Waals surface area contributed by atoms with Gasteiger partial charge in [-0.3, -0.25) is 30.0 Å². The van der Waals surface area contributed by atoms with Crippen molar-refractivity contribution in [3.63, 3.8) is 0 Å². The van der Waals surface area contributed by atoms with Gasteiger partial charge in [0, 0.05) is 51.4 Å². The maximum atomic E-state index is 13.2. The van der Waals surface area contributed by atoms with E-state index in [4.69, 9.17) is 22.3 Å². The first kappa shape index (κ1) is 38.5. The third-order valence-corrected chi connectivity index (χ3v) is 8.62. The highest BCUT2D eigenvalue weighted by Gasteiger charge is 2.20. The second kappa shape index (κ2) is 18.6. The van der Waals surface area contributed by atoms with E-state index in [1.807, 2.05) is 9.13 Å². The Morgan fingerprint density at radius 2 is 1.08 bits per heavy atom. The minimum atomic E-state index is -0.415. The number of rotatable bonds is 20. The highest BCUT2D eigenvalue weighted by atomic mass is 32.1. The summed E-state index contributed by atoms with van der Waals surface area (Å²) in [6.45, 7) is 10.3. The Hall–Kier alpha value is -4.92. The number of hydrogen-bond acceptors (Lipinski definition) is 7. The van der Waals surface area contributed by atoms with Gasteiger partial charge in [-0.1, -0.05) is 27.7 Å². The molecule has 0 spiro atoms. The fraction of sp³-hybridized carbons (Fsp3) is 0.471. The first-order valence-corrected chi connectivity index (χ1v) is 17.4. The Balaban J connectivity index is 1.68. The van der Waals surface area contributed by atoms with Crippen molar-refractivity contribution in [3.8, 4) is 0 Å². The molecule has 3 rings (SSSR count). The van der Waals surface area contributed by atoms with Crippen LogP contribution in [0, 0.1) is 22.7 Å². The molecule has 0 saturated carbocycles. The van der Waals surface area contributed by atoms with Gasteiger partial charge < -0.3 is 41.9 Å². The summed E-state index contributed by atoms with van der Waals surface area (Å²) >= 11 is 1.03. The van der Waals surface area contributed by atoms with Crippen LogP contribution >= 0.6 is 11.3 Å². The van der Waals surface area contributed by atoms with Crippen LogP contribution in [-0.2, 0) is 13.1 Å². The van der Waals surface area contributed by atoms with E-state index in [1.54, 1.807) is 36.7 Å². The zero-order chi connectivity index (χ0) is 36.1. The SMILES string of the molecule is CC(C)CCn1cc(NC(=O)c2ccc(C(=O)Nc3cc(C(=O)NCCCC(=N)N)n(CCC(C)C)c3)s2)cc1C(=O)NCCCC(=N)N. The Labute approximate surface area is 291 Å². The van der Waals surface area contributed by atoms with Gasteiger partial charge >= 0.3 is 0 Å². The molecule has 0 bridgehead atoms. The standard InChI is InChI=1S/C34H50N10O4S/c1-21(2)11-15-43-19-23(17-25(43)31(45)39-13-5-7-29(35)36)41-33(47)27-9-10-28(49-27)34(48)42-24-18-26(44(20-24)16-12-22(3)4)32(46)40-14-6-8-30(37)38/h9-10,17-22H,5-8,11-16H2,1-4H3,(H3,35,36)(H3,37,38)(H,39,45)(H,40,46)(H,41,47)(H,42,48). The summed E-state index contributed by atoms with van der Waals surface area (Å²) < 4.78 is 3.63. The third kappa shape index (κ3) is 12.6. The molecule has 14 nitrogen and oxygen atoms in total. The number of nitrogens with one attached hydrogen (secondary N) is 6. The minimum absolute atomic E-state index is 0.0674. The molecule has 266 valence electrons. The molecular weight excluding hydrogens is 645 g/mol. The lowest BCUT2D eigenvalue weighted by atomic mass is 10.1. The molecule has 3 aromatic heterocycles. The molecule has 0 unspecified atom stereocenters. The van der Waals surface area contributed by atoms with Gasteiger partial charge in [0.15, 0.2) is 0 Å². The Bertz CT molecular complexity index is 1520. The van der Waals surface area contributed by atoms with E-state index in [0.717, 1.165) is 24.2 Å². The average molecular weight is 695 g/mol. The van der Waals surface area contributed by atoms with E-state index < -0.39 is 11.8 Å².